The summed E-state index contributed by atoms with van der Waals surface area (Å²) < 4.78 is 13.4. The van der Waals surface area contributed by atoms with E-state index < -0.39 is 11.8 Å². The molecule has 1 aromatic carbocycles. The number of primary amides is 2. The van der Waals surface area contributed by atoms with Crippen LogP contribution in [0.2, 0.25) is 0 Å². The number of fused-ring (bicyclic) bond motifs is 1. The van der Waals surface area contributed by atoms with Gasteiger partial charge in [-0.1, -0.05) is 30.4 Å². The van der Waals surface area contributed by atoms with Crippen LogP contribution in [0.25, 0.3) is 5.57 Å². The zero-order chi connectivity index (χ0) is 21.3. The molecule has 4 rings (SSSR count). The lowest BCUT2D eigenvalue weighted by molar-refractivity contribution is -0.114. The number of carbonyl (C=O) groups is 2. The molecule has 2 heterocycles. The molecule has 1 aliphatic carbocycles. The quantitative estimate of drug-likeness (QED) is 0.643. The zero-order valence-corrected chi connectivity index (χ0v) is 16.4. The molecule has 8 nitrogen and oxygen atoms in total. The maximum atomic E-state index is 13.4. The van der Waals surface area contributed by atoms with Gasteiger partial charge in [-0.25, -0.2) is 9.37 Å². The molecule has 0 bridgehead atoms. The first-order valence-electron chi connectivity index (χ1n) is 9.00. The van der Waals surface area contributed by atoms with Crippen LogP contribution in [0.4, 0.5) is 10.3 Å². The van der Waals surface area contributed by atoms with Crippen molar-refractivity contribution in [2.45, 2.75) is 11.8 Å². The van der Waals surface area contributed by atoms with E-state index in [0.717, 1.165) is 5.57 Å². The van der Waals surface area contributed by atoms with Gasteiger partial charge in [0.15, 0.2) is 5.82 Å². The van der Waals surface area contributed by atoms with Crippen LogP contribution in [0.15, 0.2) is 53.5 Å². The second-order valence-corrected chi connectivity index (χ2v) is 7.70. The van der Waals surface area contributed by atoms with Crippen LogP contribution >= 0.6 is 11.8 Å². The zero-order valence-electron chi connectivity index (χ0n) is 15.6. The van der Waals surface area contributed by atoms with Crippen LogP contribution in [0.1, 0.15) is 22.0 Å². The predicted octanol–water partition coefficient (Wildman–Crippen LogP) is 1.78. The number of hydrogen-bond acceptors (Lipinski definition) is 7. The Balaban J connectivity index is 1.62. The van der Waals surface area contributed by atoms with Crippen molar-refractivity contribution in [2.75, 3.05) is 5.32 Å². The van der Waals surface area contributed by atoms with Crippen LogP contribution < -0.4 is 16.8 Å². The molecule has 0 saturated heterocycles. The van der Waals surface area contributed by atoms with E-state index in [0.29, 0.717) is 11.1 Å². The molecule has 2 atom stereocenters. The maximum absolute atomic E-state index is 13.4. The molecular weight excluding hydrogens is 407 g/mol. The number of nitrogens with two attached hydrogens (primary N) is 2. The van der Waals surface area contributed by atoms with Gasteiger partial charge in [0, 0.05) is 28.9 Å². The first-order valence-corrected chi connectivity index (χ1v) is 9.95. The number of aromatic nitrogens is 3. The monoisotopic (exact) mass is 424 g/mol. The van der Waals surface area contributed by atoms with Crippen LogP contribution in [0.3, 0.4) is 0 Å². The molecule has 0 radical (unpaired) electrons. The van der Waals surface area contributed by atoms with Gasteiger partial charge >= 0.3 is 0 Å². The summed E-state index contributed by atoms with van der Waals surface area (Å²) in [5.74, 6) is -1.60. The lowest BCUT2D eigenvalue weighted by Crippen LogP contribution is -2.28. The second-order valence-electron chi connectivity index (χ2n) is 6.68. The Labute approximate surface area is 175 Å². The summed E-state index contributed by atoms with van der Waals surface area (Å²) >= 11 is 1.44. The highest BCUT2D eigenvalue weighted by atomic mass is 32.2. The van der Waals surface area contributed by atoms with Crippen molar-refractivity contribution < 1.29 is 14.0 Å². The molecule has 5 N–H and O–H groups in total. The van der Waals surface area contributed by atoms with E-state index in [4.69, 9.17) is 11.5 Å². The summed E-state index contributed by atoms with van der Waals surface area (Å²) in [6.07, 6.45) is 5.39. The molecule has 1 aromatic heterocycles. The minimum absolute atomic E-state index is 0.137. The second kappa shape index (κ2) is 8.07. The van der Waals surface area contributed by atoms with Crippen LogP contribution in [0.5, 0.6) is 0 Å². The Bertz CT molecular complexity index is 1130. The highest BCUT2D eigenvalue weighted by Gasteiger charge is 2.37. The summed E-state index contributed by atoms with van der Waals surface area (Å²) in [6, 6.07) is 6.08. The average molecular weight is 424 g/mol. The topological polar surface area (TPSA) is 137 Å². The van der Waals surface area contributed by atoms with E-state index in [1.807, 2.05) is 11.5 Å². The first-order chi connectivity index (χ1) is 14.4. The van der Waals surface area contributed by atoms with Gasteiger partial charge in [-0.05, 0) is 23.1 Å². The Morgan fingerprint density at radius 3 is 2.73 bits per heavy atom. The first kappa shape index (κ1) is 19.8. The highest BCUT2D eigenvalue weighted by molar-refractivity contribution is 8.03. The molecule has 2 aliphatic rings. The minimum Gasteiger partial charge on any atom is -0.366 e. The molecule has 1 aliphatic heterocycles. The van der Waals surface area contributed by atoms with Gasteiger partial charge in [0.2, 0.25) is 17.7 Å². The fourth-order valence-electron chi connectivity index (χ4n) is 3.26. The molecule has 30 heavy (non-hydrogen) atoms. The van der Waals surface area contributed by atoms with Crippen molar-refractivity contribution >= 4 is 35.1 Å². The lowest BCUT2D eigenvalue weighted by Gasteiger charge is -2.22. The van der Waals surface area contributed by atoms with E-state index in [1.54, 1.807) is 24.3 Å². The van der Waals surface area contributed by atoms with E-state index in [-0.39, 0.29) is 41.1 Å². The maximum Gasteiger partial charge on any atom is 0.286 e. The van der Waals surface area contributed by atoms with Gasteiger partial charge in [-0.15, -0.1) is 11.8 Å². The van der Waals surface area contributed by atoms with Gasteiger partial charge in [0.1, 0.15) is 5.82 Å². The molecular formula is C20H17FN6O2S. The van der Waals surface area contributed by atoms with Crippen molar-refractivity contribution in [2.24, 2.45) is 17.4 Å². The van der Waals surface area contributed by atoms with Gasteiger partial charge in [0.25, 0.3) is 5.91 Å². The molecule has 152 valence electrons. The number of rotatable bonds is 6. The molecule has 2 unspecified atom stereocenters. The van der Waals surface area contributed by atoms with Crippen molar-refractivity contribution in [3.8, 4) is 0 Å². The number of benzene rings is 1. The van der Waals surface area contributed by atoms with Gasteiger partial charge in [-0.3, -0.25) is 9.59 Å². The van der Waals surface area contributed by atoms with Gasteiger partial charge < -0.3 is 16.8 Å². The van der Waals surface area contributed by atoms with Crippen LogP contribution in [-0.2, 0) is 11.3 Å². The number of thioether (sulfide) groups is 1. The number of carbonyl (C=O) groups excluding carboxylic acids is 2. The Morgan fingerprint density at radius 2 is 2.00 bits per heavy atom. The fraction of sp³-hybridized carbons (Fsp3) is 0.150. The van der Waals surface area contributed by atoms with Crippen molar-refractivity contribution in [3.63, 3.8) is 0 Å². The van der Waals surface area contributed by atoms with Crippen LogP contribution in [-0.4, -0.2) is 32.0 Å². The lowest BCUT2D eigenvalue weighted by atomic mass is 9.87. The Kier molecular flexibility index (Phi) is 5.32. The largest absolute Gasteiger partial charge is 0.366 e. The third kappa shape index (κ3) is 3.94. The molecule has 2 amide bonds. The highest BCUT2D eigenvalue weighted by Crippen LogP contribution is 2.45. The summed E-state index contributed by atoms with van der Waals surface area (Å²) in [5.41, 5.74) is 12.8. The van der Waals surface area contributed by atoms with Crippen LogP contribution in [0, 0.1) is 11.7 Å². The Morgan fingerprint density at radius 1 is 1.17 bits per heavy atom. The van der Waals surface area contributed by atoms with Crippen molar-refractivity contribution in [1.29, 1.82) is 0 Å². The van der Waals surface area contributed by atoms with E-state index in [9.17, 15) is 14.0 Å². The summed E-state index contributed by atoms with van der Waals surface area (Å²) in [4.78, 5) is 36.1. The number of amides is 2. The molecule has 2 aromatic rings. The van der Waals surface area contributed by atoms with E-state index >= 15 is 0 Å². The average Bonchev–Trinajstić information content (AvgIpc) is 3.16. The third-order valence-corrected chi connectivity index (χ3v) is 5.90. The minimum atomic E-state index is -0.799. The molecule has 0 saturated carbocycles. The Hall–Kier alpha value is -3.53. The molecule has 10 heteroatoms. The fourth-order valence-corrected chi connectivity index (χ4v) is 4.57. The summed E-state index contributed by atoms with van der Waals surface area (Å²) in [6.45, 7) is 0.244. The number of halogens is 1. The summed E-state index contributed by atoms with van der Waals surface area (Å²) in [5, 5.41) is 4.64. The smallest absolute Gasteiger partial charge is 0.286 e. The van der Waals surface area contributed by atoms with Gasteiger partial charge in [-0.2, -0.15) is 9.97 Å². The number of allylic oxidation sites excluding steroid dienone is 4. The number of nitrogens with zero attached hydrogens (tertiary/aromatic N) is 3. The van der Waals surface area contributed by atoms with E-state index in [1.165, 1.54) is 23.9 Å². The SMILES string of the molecule is NC(=O)C1=CC=CC2C(c3nc(NCc4cccc(F)c4)nc(C(N)=O)n3)=CSC12. The third-order valence-electron chi connectivity index (χ3n) is 4.67. The molecule has 0 fully saturated rings. The van der Waals surface area contributed by atoms with Crippen molar-refractivity contribution in [1.82, 2.24) is 15.0 Å². The van der Waals surface area contributed by atoms with E-state index in [2.05, 4.69) is 20.3 Å². The number of anilines is 1. The predicted molar refractivity (Wildman–Crippen MR) is 111 cm³/mol. The normalized spacial score (nSPS) is 19.6. The number of hydrogen-bond donors (Lipinski definition) is 3. The summed E-state index contributed by atoms with van der Waals surface area (Å²) in [7, 11) is 0. The molecule has 0 spiro atoms. The standard InChI is InChI=1S/C20H17FN6O2S/c21-11-4-1-3-10(7-11)8-24-20-26-18(25-19(27-20)17(23)29)14-9-30-15-12(14)5-2-6-13(15)16(22)28/h1-7,9,12,15H,8H2,(H2,22,28)(H2,23,29)(H,24,25,26,27). The van der Waals surface area contributed by atoms with Gasteiger partial charge in [0.05, 0.1) is 0 Å². The van der Waals surface area contributed by atoms with Crippen molar-refractivity contribution in [3.05, 3.63) is 76.5 Å². The number of nitrogens with one attached hydrogen (secondary N) is 1.